The number of allylic oxidation sites excluding steroid dienone is 4. The Morgan fingerprint density at radius 2 is 2.10 bits per heavy atom. The molecule has 0 bridgehead atoms. The average molecular weight is 416 g/mol. The molecule has 4 aliphatic rings. The molecule has 0 heterocycles. The van der Waals surface area contributed by atoms with Crippen LogP contribution in [0.1, 0.15) is 52.9 Å². The summed E-state index contributed by atoms with van der Waals surface area (Å²) in [4.78, 5) is 29.8. The van der Waals surface area contributed by atoms with Gasteiger partial charge in [0.15, 0.2) is 17.5 Å². The van der Waals surface area contributed by atoms with Crippen LogP contribution in [-0.4, -0.2) is 53.0 Å². The Morgan fingerprint density at radius 3 is 2.77 bits per heavy atom. The van der Waals surface area contributed by atoms with E-state index in [1.54, 1.807) is 13.0 Å². The predicted octanol–water partition coefficient (Wildman–Crippen LogP) is 2.63. The van der Waals surface area contributed by atoms with Crippen LogP contribution in [0.2, 0.25) is 0 Å². The van der Waals surface area contributed by atoms with Gasteiger partial charge in [-0.25, -0.2) is 4.99 Å². The van der Waals surface area contributed by atoms with Gasteiger partial charge in [0, 0.05) is 30.1 Å². The summed E-state index contributed by atoms with van der Waals surface area (Å²) in [5, 5.41) is 21.3. The van der Waals surface area contributed by atoms with Crippen LogP contribution in [0.3, 0.4) is 0 Å². The van der Waals surface area contributed by atoms with Gasteiger partial charge in [-0.3, -0.25) is 9.59 Å². The van der Waals surface area contributed by atoms with Gasteiger partial charge >= 0.3 is 0 Å². The lowest BCUT2D eigenvalue weighted by atomic mass is 9.46. The van der Waals surface area contributed by atoms with Crippen molar-refractivity contribution in [1.82, 2.24) is 0 Å². The number of hydrogen-bond donors (Lipinski definition) is 2. The molecule has 0 saturated heterocycles. The molecule has 0 aromatic carbocycles. The maximum atomic E-state index is 13.1. The highest BCUT2D eigenvalue weighted by atomic mass is 16.5. The van der Waals surface area contributed by atoms with Gasteiger partial charge in [0.25, 0.3) is 0 Å². The molecule has 0 aliphatic heterocycles. The molecule has 6 heteroatoms. The number of rotatable bonds is 3. The summed E-state index contributed by atoms with van der Waals surface area (Å²) in [6.07, 6.45) is 8.25. The van der Waals surface area contributed by atoms with Crippen LogP contribution in [0.4, 0.5) is 0 Å². The molecule has 0 radical (unpaired) electrons. The first-order valence-corrected chi connectivity index (χ1v) is 11.0. The molecule has 0 amide bonds. The summed E-state index contributed by atoms with van der Waals surface area (Å²) in [6, 6.07) is 0. The molecule has 0 spiro atoms. The van der Waals surface area contributed by atoms with E-state index in [1.807, 2.05) is 6.08 Å². The number of carbonyl (C=O) groups excluding carboxylic acids is 2. The van der Waals surface area contributed by atoms with Crippen molar-refractivity contribution in [2.75, 3.05) is 13.7 Å². The third-order valence-electron chi connectivity index (χ3n) is 8.86. The minimum Gasteiger partial charge on any atom is -0.484 e. The molecular formula is C24H33NO5. The molecule has 0 aromatic rings. The molecule has 2 fully saturated rings. The third-order valence-corrected chi connectivity index (χ3v) is 8.86. The number of ether oxygens (including phenoxy) is 1. The topological polar surface area (TPSA) is 96.2 Å². The van der Waals surface area contributed by atoms with E-state index in [9.17, 15) is 19.8 Å². The Kier molecular flexibility index (Phi) is 5.09. The quantitative estimate of drug-likeness (QED) is 0.420. The SMILES string of the molecule is COC(C)=N[C@]1(C(=O)CO)CCC2C3CC=C4CC(=O)C=C[C@]4(C)C3[C@@H](O)C[C@@]21C. The molecule has 4 aliphatic carbocycles. The Balaban J connectivity index is 1.80. The molecule has 4 rings (SSSR count). The Morgan fingerprint density at radius 1 is 1.37 bits per heavy atom. The maximum Gasteiger partial charge on any atom is 0.186 e. The minimum atomic E-state index is -1.08. The normalized spacial score (nSPS) is 45.3. The zero-order valence-electron chi connectivity index (χ0n) is 18.4. The second kappa shape index (κ2) is 7.13. The number of aliphatic hydroxyl groups excluding tert-OH is 2. The highest BCUT2D eigenvalue weighted by Gasteiger charge is 2.68. The van der Waals surface area contributed by atoms with Crippen LogP contribution in [0.15, 0.2) is 28.8 Å². The van der Waals surface area contributed by atoms with Crippen LogP contribution in [0.25, 0.3) is 0 Å². The van der Waals surface area contributed by atoms with E-state index in [2.05, 4.69) is 19.9 Å². The van der Waals surface area contributed by atoms with Gasteiger partial charge in [-0.1, -0.05) is 31.6 Å². The second-order valence-electron chi connectivity index (χ2n) is 10.0. The fourth-order valence-electron chi connectivity index (χ4n) is 7.39. The summed E-state index contributed by atoms with van der Waals surface area (Å²) >= 11 is 0. The number of aliphatic imine (C=N–C) groups is 1. The van der Waals surface area contributed by atoms with Crippen LogP contribution in [0.5, 0.6) is 0 Å². The lowest BCUT2D eigenvalue weighted by molar-refractivity contribution is -0.143. The molecule has 2 saturated carbocycles. The van der Waals surface area contributed by atoms with Crippen molar-refractivity contribution in [3.63, 3.8) is 0 Å². The Hall–Kier alpha value is -1.79. The average Bonchev–Trinajstić information content (AvgIpc) is 3.00. The van der Waals surface area contributed by atoms with Crippen LogP contribution >= 0.6 is 0 Å². The molecule has 2 N–H and O–H groups in total. The third kappa shape index (κ3) is 2.72. The first-order chi connectivity index (χ1) is 14.1. The summed E-state index contributed by atoms with van der Waals surface area (Å²) in [7, 11) is 1.53. The molecule has 6 nitrogen and oxygen atoms in total. The number of hydrogen-bond acceptors (Lipinski definition) is 6. The largest absolute Gasteiger partial charge is 0.484 e. The first-order valence-electron chi connectivity index (χ1n) is 11.0. The van der Waals surface area contributed by atoms with E-state index in [0.29, 0.717) is 25.2 Å². The maximum absolute atomic E-state index is 13.1. The number of aliphatic hydroxyl groups is 2. The van der Waals surface area contributed by atoms with Crippen molar-refractivity contribution in [3.8, 4) is 0 Å². The number of carbonyl (C=O) groups is 2. The van der Waals surface area contributed by atoms with Crippen molar-refractivity contribution in [1.29, 1.82) is 0 Å². The number of fused-ring (bicyclic) bond motifs is 5. The Labute approximate surface area is 178 Å². The molecular weight excluding hydrogens is 382 g/mol. The number of nitrogens with zero attached hydrogens (tertiary/aromatic N) is 1. The number of methoxy groups -OCH3 is 1. The van der Waals surface area contributed by atoms with Crippen molar-refractivity contribution in [2.45, 2.75) is 64.5 Å². The summed E-state index contributed by atoms with van der Waals surface area (Å²) in [5.74, 6) is 0.627. The highest BCUT2D eigenvalue weighted by Crippen LogP contribution is 2.67. The molecule has 164 valence electrons. The van der Waals surface area contributed by atoms with Crippen LogP contribution < -0.4 is 0 Å². The van der Waals surface area contributed by atoms with Gasteiger partial charge in [-0.05, 0) is 43.6 Å². The van der Waals surface area contributed by atoms with E-state index in [-0.39, 0.29) is 34.7 Å². The molecule has 3 unspecified atom stereocenters. The van der Waals surface area contributed by atoms with Gasteiger partial charge in [0.1, 0.15) is 12.1 Å². The van der Waals surface area contributed by atoms with E-state index in [1.165, 1.54) is 7.11 Å². The van der Waals surface area contributed by atoms with Crippen LogP contribution in [0, 0.1) is 28.6 Å². The van der Waals surface area contributed by atoms with Crippen molar-refractivity contribution in [2.24, 2.45) is 33.6 Å². The van der Waals surface area contributed by atoms with Gasteiger partial charge in [-0.15, -0.1) is 0 Å². The zero-order chi connectivity index (χ0) is 21.9. The van der Waals surface area contributed by atoms with E-state index >= 15 is 0 Å². The lowest BCUT2D eigenvalue weighted by Gasteiger charge is -2.59. The molecule has 30 heavy (non-hydrogen) atoms. The van der Waals surface area contributed by atoms with Gasteiger partial charge < -0.3 is 14.9 Å². The standard InChI is InChI=1S/C24H33NO5/c1-14(30-4)25-24(20(29)13-26)10-8-18-17-6-5-15-11-16(27)7-9-22(15,2)21(17)19(28)12-23(18,24)3/h5,7,9,17-19,21,26,28H,6,8,10-13H2,1-4H3/t17?,18?,19-,21?,22-,23-,24-/m0/s1. The van der Waals surface area contributed by atoms with E-state index in [4.69, 9.17) is 9.73 Å². The van der Waals surface area contributed by atoms with Crippen molar-refractivity contribution < 1.29 is 24.5 Å². The summed E-state index contributed by atoms with van der Waals surface area (Å²) in [6.45, 7) is 5.36. The zero-order valence-corrected chi connectivity index (χ0v) is 18.4. The lowest BCUT2D eigenvalue weighted by Crippen LogP contribution is -2.61. The summed E-state index contributed by atoms with van der Waals surface area (Å²) in [5.41, 5.74) is -0.872. The van der Waals surface area contributed by atoms with Crippen LogP contribution in [-0.2, 0) is 14.3 Å². The first kappa shape index (κ1) is 21.4. The van der Waals surface area contributed by atoms with Gasteiger partial charge in [-0.2, -0.15) is 0 Å². The van der Waals surface area contributed by atoms with Crippen molar-refractivity contribution in [3.05, 3.63) is 23.8 Å². The van der Waals surface area contributed by atoms with Crippen molar-refractivity contribution >= 4 is 17.5 Å². The molecule has 0 aromatic heterocycles. The number of ketones is 2. The fraction of sp³-hybridized carbons (Fsp3) is 0.708. The van der Waals surface area contributed by atoms with Gasteiger partial charge in [0.2, 0.25) is 0 Å². The van der Waals surface area contributed by atoms with E-state index < -0.39 is 23.7 Å². The summed E-state index contributed by atoms with van der Waals surface area (Å²) < 4.78 is 5.29. The number of Topliss-reactive ketones (excluding diaryl/α,β-unsaturated/α-hetero) is 1. The second-order valence-corrected chi connectivity index (χ2v) is 10.0. The Bertz CT molecular complexity index is 860. The van der Waals surface area contributed by atoms with E-state index in [0.717, 1.165) is 18.4 Å². The fourth-order valence-corrected chi connectivity index (χ4v) is 7.39. The smallest absolute Gasteiger partial charge is 0.186 e. The molecule has 7 atom stereocenters. The highest BCUT2D eigenvalue weighted by molar-refractivity contribution is 5.94. The minimum absolute atomic E-state index is 0.00690. The monoisotopic (exact) mass is 415 g/mol. The van der Waals surface area contributed by atoms with Gasteiger partial charge in [0.05, 0.1) is 13.2 Å². The predicted molar refractivity (Wildman–Crippen MR) is 113 cm³/mol.